The van der Waals surface area contributed by atoms with Gasteiger partial charge in [-0.1, -0.05) is 146 Å². The standard InChI is InChI=1S/C47H31N3/c1-30-24-25-38-39-21-11-23-41-40-22-10-20-37(45(40)50(46(39)41)44(38)26-30)35-18-8-16-33(27-35)34-17-9-19-36(28-34)47-48-42(31-12-4-2-5-13-31)29-43(49-47)32-14-6-3-7-15-32/h2-29H,1H3/i1D3. The zero-order valence-electron chi connectivity index (χ0n) is 30.0. The van der Waals surface area contributed by atoms with E-state index in [9.17, 15) is 0 Å². The zero-order chi connectivity index (χ0) is 35.7. The van der Waals surface area contributed by atoms with Gasteiger partial charge in [0, 0.05) is 47.9 Å². The van der Waals surface area contributed by atoms with Crippen molar-refractivity contribution < 1.29 is 4.11 Å². The van der Waals surface area contributed by atoms with Gasteiger partial charge in [0.25, 0.3) is 0 Å². The molecule has 3 heteroatoms. The van der Waals surface area contributed by atoms with Gasteiger partial charge >= 0.3 is 0 Å². The van der Waals surface area contributed by atoms with Crippen LogP contribution in [0.3, 0.4) is 0 Å². The van der Waals surface area contributed by atoms with Gasteiger partial charge in [-0.3, -0.25) is 0 Å². The number of aromatic nitrogens is 3. The molecule has 10 aromatic rings. The van der Waals surface area contributed by atoms with Crippen LogP contribution in [0.2, 0.25) is 0 Å². The Morgan fingerprint density at radius 1 is 0.420 bits per heavy atom. The van der Waals surface area contributed by atoms with Crippen molar-refractivity contribution in [3.05, 3.63) is 175 Å². The van der Waals surface area contributed by atoms with E-state index in [1.54, 1.807) is 6.07 Å². The Kier molecular flexibility index (Phi) is 5.73. The molecule has 0 aliphatic heterocycles. The molecule has 50 heavy (non-hydrogen) atoms. The molecular weight excluding hydrogens is 607 g/mol. The van der Waals surface area contributed by atoms with E-state index in [1.807, 2.05) is 48.5 Å². The summed E-state index contributed by atoms with van der Waals surface area (Å²) in [5.41, 5.74) is 12.5. The quantitative estimate of drug-likeness (QED) is 0.187. The lowest BCUT2D eigenvalue weighted by molar-refractivity contribution is 1.18. The summed E-state index contributed by atoms with van der Waals surface area (Å²) in [4.78, 5) is 10.1. The fraction of sp³-hybridized carbons (Fsp3) is 0.0213. The lowest BCUT2D eigenvalue weighted by Gasteiger charge is -2.11. The number of fused-ring (bicyclic) bond motifs is 6. The van der Waals surface area contributed by atoms with Gasteiger partial charge in [-0.05, 0) is 53.4 Å². The van der Waals surface area contributed by atoms with Crippen molar-refractivity contribution in [1.82, 2.24) is 14.4 Å². The van der Waals surface area contributed by atoms with E-state index in [4.69, 9.17) is 14.1 Å². The van der Waals surface area contributed by atoms with Crippen molar-refractivity contribution in [3.63, 3.8) is 0 Å². The summed E-state index contributed by atoms with van der Waals surface area (Å²) in [6.07, 6.45) is 0. The van der Waals surface area contributed by atoms with Gasteiger partial charge < -0.3 is 4.40 Å². The highest BCUT2D eigenvalue weighted by atomic mass is 14.9. The summed E-state index contributed by atoms with van der Waals surface area (Å²) in [6, 6.07) is 58.0. The average molecular weight is 641 g/mol. The van der Waals surface area contributed by atoms with Crippen molar-refractivity contribution in [3.8, 4) is 56.2 Å². The summed E-state index contributed by atoms with van der Waals surface area (Å²) in [6.45, 7) is -2.20. The summed E-state index contributed by atoms with van der Waals surface area (Å²) in [5.74, 6) is 0.668. The molecule has 7 aromatic carbocycles. The van der Waals surface area contributed by atoms with Crippen LogP contribution in [-0.2, 0) is 0 Å². The largest absolute Gasteiger partial charge is 0.307 e. The Morgan fingerprint density at radius 3 is 1.64 bits per heavy atom. The predicted molar refractivity (Wildman–Crippen MR) is 209 cm³/mol. The number of aryl methyl sites for hydroxylation is 1. The third kappa shape index (κ3) is 4.52. The maximum absolute atomic E-state index is 8.14. The molecular formula is C47H31N3. The van der Waals surface area contributed by atoms with Gasteiger partial charge in [0.15, 0.2) is 5.82 Å². The summed E-state index contributed by atoms with van der Waals surface area (Å²) in [7, 11) is 0. The van der Waals surface area contributed by atoms with Crippen molar-refractivity contribution in [2.24, 2.45) is 0 Å². The molecule has 0 saturated carbocycles. The van der Waals surface area contributed by atoms with E-state index in [-0.39, 0.29) is 0 Å². The number of hydrogen-bond acceptors (Lipinski definition) is 2. The maximum Gasteiger partial charge on any atom is 0.160 e. The normalized spacial score (nSPS) is 12.8. The van der Waals surface area contributed by atoms with Crippen LogP contribution >= 0.6 is 0 Å². The van der Waals surface area contributed by atoms with Gasteiger partial charge in [-0.2, -0.15) is 0 Å². The van der Waals surface area contributed by atoms with E-state index in [2.05, 4.69) is 120 Å². The highest BCUT2D eigenvalue weighted by molar-refractivity contribution is 6.25. The first-order valence-electron chi connectivity index (χ1n) is 18.3. The fourth-order valence-corrected chi connectivity index (χ4v) is 7.54. The first-order valence-corrected chi connectivity index (χ1v) is 16.8. The average Bonchev–Trinajstić information content (AvgIpc) is 3.73. The number of para-hydroxylation sites is 2. The first kappa shape index (κ1) is 25.4. The Labute approximate surface area is 294 Å². The van der Waals surface area contributed by atoms with Crippen LogP contribution in [0.5, 0.6) is 0 Å². The molecule has 0 unspecified atom stereocenters. The lowest BCUT2D eigenvalue weighted by atomic mass is 9.96. The highest BCUT2D eigenvalue weighted by Crippen LogP contribution is 2.43. The van der Waals surface area contributed by atoms with E-state index < -0.39 is 6.85 Å². The molecule has 0 fully saturated rings. The molecule has 0 bridgehead atoms. The Balaban J connectivity index is 1.12. The summed E-state index contributed by atoms with van der Waals surface area (Å²) < 4.78 is 26.7. The van der Waals surface area contributed by atoms with Crippen LogP contribution in [0.1, 0.15) is 9.68 Å². The van der Waals surface area contributed by atoms with Gasteiger partial charge in [-0.25, -0.2) is 9.97 Å². The van der Waals surface area contributed by atoms with Crippen molar-refractivity contribution in [2.45, 2.75) is 6.85 Å². The number of rotatable bonds is 5. The number of nitrogens with zero attached hydrogens (tertiary/aromatic N) is 3. The Morgan fingerprint density at radius 2 is 0.960 bits per heavy atom. The molecule has 0 aliphatic carbocycles. The zero-order valence-corrected chi connectivity index (χ0v) is 27.0. The second-order valence-electron chi connectivity index (χ2n) is 12.8. The number of benzene rings is 7. The van der Waals surface area contributed by atoms with E-state index in [1.165, 1.54) is 0 Å². The Hall–Kier alpha value is -6.58. The molecule has 0 saturated heterocycles. The van der Waals surface area contributed by atoms with Crippen LogP contribution in [0.15, 0.2) is 170 Å². The third-order valence-corrected chi connectivity index (χ3v) is 9.83. The Bertz CT molecular complexity index is 2930. The van der Waals surface area contributed by atoms with Crippen molar-refractivity contribution in [2.75, 3.05) is 0 Å². The molecule has 0 radical (unpaired) electrons. The minimum atomic E-state index is -2.20. The van der Waals surface area contributed by atoms with Gasteiger partial charge in [0.05, 0.1) is 27.9 Å². The molecule has 3 nitrogen and oxygen atoms in total. The smallest absolute Gasteiger partial charge is 0.160 e. The van der Waals surface area contributed by atoms with E-state index >= 15 is 0 Å². The molecule has 3 heterocycles. The molecule has 0 N–H and O–H groups in total. The maximum atomic E-state index is 8.14. The fourth-order valence-electron chi connectivity index (χ4n) is 7.54. The molecule has 0 atom stereocenters. The molecule has 234 valence electrons. The lowest BCUT2D eigenvalue weighted by Crippen LogP contribution is -1.96. The summed E-state index contributed by atoms with van der Waals surface area (Å²) in [5, 5.41) is 4.47. The highest BCUT2D eigenvalue weighted by Gasteiger charge is 2.20. The minimum absolute atomic E-state index is 0.340. The van der Waals surface area contributed by atoms with Crippen LogP contribution < -0.4 is 0 Å². The van der Waals surface area contributed by atoms with Crippen LogP contribution in [0.4, 0.5) is 0 Å². The van der Waals surface area contributed by atoms with E-state index in [0.29, 0.717) is 11.4 Å². The van der Waals surface area contributed by atoms with Crippen molar-refractivity contribution in [1.29, 1.82) is 0 Å². The second-order valence-corrected chi connectivity index (χ2v) is 12.8. The second kappa shape index (κ2) is 11.3. The molecule has 0 amide bonds. The van der Waals surface area contributed by atoms with Crippen LogP contribution in [0, 0.1) is 6.85 Å². The van der Waals surface area contributed by atoms with E-state index in [0.717, 1.165) is 88.4 Å². The molecule has 0 spiro atoms. The third-order valence-electron chi connectivity index (χ3n) is 9.83. The molecule has 10 rings (SSSR count). The van der Waals surface area contributed by atoms with Gasteiger partial charge in [-0.15, -0.1) is 0 Å². The minimum Gasteiger partial charge on any atom is -0.307 e. The predicted octanol–water partition coefficient (Wildman–Crippen LogP) is 12.3. The topological polar surface area (TPSA) is 30.2 Å². The molecule has 0 aliphatic rings. The monoisotopic (exact) mass is 640 g/mol. The first-order chi connectivity index (χ1) is 25.9. The van der Waals surface area contributed by atoms with Crippen LogP contribution in [0.25, 0.3) is 94.3 Å². The van der Waals surface area contributed by atoms with Crippen molar-refractivity contribution >= 4 is 38.1 Å². The van der Waals surface area contributed by atoms with Crippen LogP contribution in [-0.4, -0.2) is 14.4 Å². The molecule has 3 aromatic heterocycles. The van der Waals surface area contributed by atoms with Gasteiger partial charge in [0.1, 0.15) is 0 Å². The number of hydrogen-bond donors (Lipinski definition) is 0. The SMILES string of the molecule is [2H]C([2H])([2H])c1ccc2c3cccc4c5cccc(-c6cccc(-c7cccc(-c8nc(-c9ccccc9)cc(-c9ccccc9)n8)c7)c6)c5n(c2c1)c34. The van der Waals surface area contributed by atoms with Gasteiger partial charge in [0.2, 0.25) is 0 Å². The summed E-state index contributed by atoms with van der Waals surface area (Å²) >= 11 is 0.